The van der Waals surface area contributed by atoms with Crippen molar-refractivity contribution in [2.24, 2.45) is 0 Å². The third-order valence-electron chi connectivity index (χ3n) is 7.09. The number of aryl methyl sites for hydroxylation is 1. The molecule has 0 spiro atoms. The Labute approximate surface area is 224 Å². The third kappa shape index (κ3) is 7.63. The van der Waals surface area contributed by atoms with Gasteiger partial charge in [-0.15, -0.1) is 0 Å². The number of aliphatic hydroxyl groups excluding tert-OH is 1. The molecule has 0 bridgehead atoms. The molecule has 0 aliphatic rings. The molecule has 37 heavy (non-hydrogen) atoms. The lowest BCUT2D eigenvalue weighted by atomic mass is 10.0. The number of carbonyl (C=O) groups is 1. The highest BCUT2D eigenvalue weighted by molar-refractivity contribution is 7.90. The van der Waals surface area contributed by atoms with Crippen molar-refractivity contribution in [3.63, 3.8) is 0 Å². The highest BCUT2D eigenvalue weighted by Crippen LogP contribution is 2.43. The van der Waals surface area contributed by atoms with E-state index in [9.17, 15) is 18.3 Å². The fourth-order valence-electron chi connectivity index (χ4n) is 5.14. The summed E-state index contributed by atoms with van der Waals surface area (Å²) >= 11 is 0. The second kappa shape index (κ2) is 13.0. The first-order valence-corrected chi connectivity index (χ1v) is 16.6. The lowest BCUT2D eigenvalue weighted by molar-refractivity contribution is -0.125. The molecular formula is C29H43NO5SSi. The highest BCUT2D eigenvalue weighted by Gasteiger charge is 2.48. The SMILES string of the molecule is C/C(=C\C[C@@H](O)c1ccccc1)[C@@H](O[Si](C(C)C)(C(C)C)C(C)C)C(=O)NS(=O)(=O)c1ccc(C)cc1. The first-order valence-electron chi connectivity index (χ1n) is 12.9. The van der Waals surface area contributed by atoms with Crippen LogP contribution in [0.2, 0.25) is 16.6 Å². The normalized spacial score (nSPS) is 14.8. The predicted molar refractivity (Wildman–Crippen MR) is 152 cm³/mol. The van der Waals surface area contributed by atoms with Crippen molar-refractivity contribution in [1.82, 2.24) is 4.72 Å². The van der Waals surface area contributed by atoms with E-state index < -0.39 is 36.5 Å². The minimum atomic E-state index is -4.09. The summed E-state index contributed by atoms with van der Waals surface area (Å²) in [5.41, 5.74) is 2.84. The maximum atomic E-state index is 13.6. The number of aliphatic hydroxyl groups is 1. The zero-order valence-corrected chi connectivity index (χ0v) is 25.2. The molecule has 2 rings (SSSR count). The van der Waals surface area contributed by atoms with Crippen molar-refractivity contribution < 1.29 is 22.7 Å². The average Bonchev–Trinajstić information content (AvgIpc) is 2.82. The molecule has 0 aliphatic heterocycles. The summed E-state index contributed by atoms with van der Waals surface area (Å²) in [7, 11) is -6.64. The van der Waals surface area contributed by atoms with Crippen LogP contribution in [0.4, 0.5) is 0 Å². The molecule has 0 saturated carbocycles. The molecule has 0 unspecified atom stereocenters. The van der Waals surface area contributed by atoms with Gasteiger partial charge in [0.2, 0.25) is 8.32 Å². The van der Waals surface area contributed by atoms with E-state index >= 15 is 0 Å². The molecule has 2 aromatic carbocycles. The topological polar surface area (TPSA) is 92.7 Å². The molecule has 0 heterocycles. The molecule has 2 aromatic rings. The van der Waals surface area contributed by atoms with Crippen LogP contribution in [-0.2, 0) is 19.2 Å². The second-order valence-electron chi connectivity index (χ2n) is 10.7. The summed E-state index contributed by atoms with van der Waals surface area (Å²) in [6.45, 7) is 16.3. The Morgan fingerprint density at radius 1 is 0.946 bits per heavy atom. The largest absolute Gasteiger partial charge is 0.401 e. The van der Waals surface area contributed by atoms with E-state index in [1.54, 1.807) is 25.1 Å². The number of benzene rings is 2. The molecule has 2 N–H and O–H groups in total. The summed E-state index contributed by atoms with van der Waals surface area (Å²) < 4.78 is 35.2. The van der Waals surface area contributed by atoms with Crippen LogP contribution in [0.5, 0.6) is 0 Å². The number of carbonyl (C=O) groups excluding carboxylic acids is 1. The first kappa shape index (κ1) is 31.0. The van der Waals surface area contributed by atoms with Crippen LogP contribution < -0.4 is 4.72 Å². The number of sulfonamides is 1. The summed E-state index contributed by atoms with van der Waals surface area (Å²) in [4.78, 5) is 13.6. The number of hydrogen-bond acceptors (Lipinski definition) is 5. The van der Waals surface area contributed by atoms with Crippen LogP contribution in [0.15, 0.2) is 71.1 Å². The van der Waals surface area contributed by atoms with Gasteiger partial charge in [0.1, 0.15) is 6.10 Å². The fourth-order valence-corrected chi connectivity index (χ4v) is 11.6. The third-order valence-corrected chi connectivity index (χ3v) is 14.5. The van der Waals surface area contributed by atoms with Gasteiger partial charge in [0.15, 0.2) is 0 Å². The van der Waals surface area contributed by atoms with E-state index in [1.807, 2.05) is 37.3 Å². The van der Waals surface area contributed by atoms with Crippen molar-refractivity contribution in [2.75, 3.05) is 0 Å². The second-order valence-corrected chi connectivity index (χ2v) is 17.8. The Hall–Kier alpha value is -2.26. The van der Waals surface area contributed by atoms with Crippen molar-refractivity contribution in [3.8, 4) is 0 Å². The van der Waals surface area contributed by atoms with Gasteiger partial charge in [0.05, 0.1) is 11.0 Å². The molecule has 0 saturated heterocycles. The van der Waals surface area contributed by atoms with Gasteiger partial charge < -0.3 is 9.53 Å². The van der Waals surface area contributed by atoms with Crippen molar-refractivity contribution >= 4 is 24.2 Å². The zero-order valence-electron chi connectivity index (χ0n) is 23.4. The molecule has 0 radical (unpaired) electrons. The zero-order chi connectivity index (χ0) is 28.0. The van der Waals surface area contributed by atoms with Gasteiger partial charge in [-0.2, -0.15) is 0 Å². The first-order chi connectivity index (χ1) is 17.2. The molecule has 8 heteroatoms. The van der Waals surface area contributed by atoms with Crippen LogP contribution in [0, 0.1) is 6.92 Å². The molecule has 0 fully saturated rings. The summed E-state index contributed by atoms with van der Waals surface area (Å²) in [6, 6.07) is 15.6. The van der Waals surface area contributed by atoms with Gasteiger partial charge in [-0.1, -0.05) is 95.6 Å². The van der Waals surface area contributed by atoms with Gasteiger partial charge in [0.25, 0.3) is 15.9 Å². The molecule has 1 amide bonds. The summed E-state index contributed by atoms with van der Waals surface area (Å²) in [5.74, 6) is -0.720. The minimum absolute atomic E-state index is 0.0198. The maximum absolute atomic E-state index is 13.6. The fraction of sp³-hybridized carbons (Fsp3) is 0.483. The number of rotatable bonds is 12. The van der Waals surface area contributed by atoms with E-state index in [0.717, 1.165) is 11.1 Å². The maximum Gasteiger partial charge on any atom is 0.265 e. The number of hydrogen-bond donors (Lipinski definition) is 2. The summed E-state index contributed by atoms with van der Waals surface area (Å²) in [5, 5.41) is 10.7. The lowest BCUT2D eigenvalue weighted by Gasteiger charge is -2.44. The van der Waals surface area contributed by atoms with Gasteiger partial charge in [0, 0.05) is 0 Å². The van der Waals surface area contributed by atoms with Crippen molar-refractivity contribution in [1.29, 1.82) is 0 Å². The van der Waals surface area contributed by atoms with E-state index in [-0.39, 0.29) is 27.9 Å². The van der Waals surface area contributed by atoms with Crippen LogP contribution >= 0.6 is 0 Å². The lowest BCUT2D eigenvalue weighted by Crippen LogP contribution is -2.54. The Morgan fingerprint density at radius 2 is 1.46 bits per heavy atom. The Kier molecular flexibility index (Phi) is 10.9. The smallest absolute Gasteiger partial charge is 0.265 e. The predicted octanol–water partition coefficient (Wildman–Crippen LogP) is 6.43. The van der Waals surface area contributed by atoms with Gasteiger partial charge in [-0.05, 0) is 60.2 Å². The van der Waals surface area contributed by atoms with Gasteiger partial charge in [-0.3, -0.25) is 4.79 Å². The van der Waals surface area contributed by atoms with Gasteiger partial charge >= 0.3 is 0 Å². The minimum Gasteiger partial charge on any atom is -0.401 e. The molecule has 0 aliphatic carbocycles. The number of nitrogens with one attached hydrogen (secondary N) is 1. The van der Waals surface area contributed by atoms with Crippen LogP contribution in [0.3, 0.4) is 0 Å². The quantitative estimate of drug-likeness (QED) is 0.237. The summed E-state index contributed by atoms with van der Waals surface area (Å²) in [6.07, 6.45) is 0.203. The van der Waals surface area contributed by atoms with Crippen LogP contribution in [-0.4, -0.2) is 33.9 Å². The molecule has 6 nitrogen and oxygen atoms in total. The van der Waals surface area contributed by atoms with E-state index in [1.165, 1.54) is 12.1 Å². The Morgan fingerprint density at radius 3 is 1.95 bits per heavy atom. The molecular weight excluding hydrogens is 502 g/mol. The van der Waals surface area contributed by atoms with Crippen molar-refractivity contribution in [2.45, 2.75) is 95.5 Å². The molecule has 204 valence electrons. The molecule has 2 atom stereocenters. The monoisotopic (exact) mass is 545 g/mol. The number of amides is 1. The Bertz CT molecular complexity index is 1140. The van der Waals surface area contributed by atoms with E-state index in [2.05, 4.69) is 46.3 Å². The van der Waals surface area contributed by atoms with E-state index in [4.69, 9.17) is 4.43 Å². The standard InChI is InChI=1S/C29H43NO5SSi/c1-20(2)37(21(3)4,22(5)6)35-28(24(8)16-19-27(31)25-12-10-9-11-13-25)29(32)30-36(33,34)26-17-14-23(7)15-18-26/h9-18,20-22,27-28,31H,19H2,1-8H3,(H,30,32)/b24-16+/t27-,28-/m1/s1. The van der Waals surface area contributed by atoms with Crippen LogP contribution in [0.25, 0.3) is 0 Å². The van der Waals surface area contributed by atoms with E-state index in [0.29, 0.717) is 5.57 Å². The van der Waals surface area contributed by atoms with Gasteiger partial charge in [-0.25, -0.2) is 13.1 Å². The highest BCUT2D eigenvalue weighted by atomic mass is 32.2. The average molecular weight is 546 g/mol. The Balaban J connectivity index is 2.45. The molecule has 0 aromatic heterocycles. The van der Waals surface area contributed by atoms with Crippen molar-refractivity contribution in [3.05, 3.63) is 77.4 Å². The van der Waals surface area contributed by atoms with Crippen LogP contribution in [0.1, 0.15) is 72.1 Å².